The van der Waals surface area contributed by atoms with Gasteiger partial charge in [-0.3, -0.25) is 4.79 Å². The Kier molecular flexibility index (Phi) is 5.63. The Labute approximate surface area is 200 Å². The maximum Gasteiger partial charge on any atom is 0.573 e. The van der Waals surface area contributed by atoms with Gasteiger partial charge in [-0.05, 0) is 43.3 Å². The van der Waals surface area contributed by atoms with Crippen LogP contribution in [0.2, 0.25) is 0 Å². The van der Waals surface area contributed by atoms with Crippen LogP contribution in [0.3, 0.4) is 0 Å². The fourth-order valence-electron chi connectivity index (χ4n) is 3.64. The van der Waals surface area contributed by atoms with Gasteiger partial charge < -0.3 is 4.74 Å². The van der Waals surface area contributed by atoms with E-state index >= 15 is 0 Å². The van der Waals surface area contributed by atoms with Gasteiger partial charge in [0.25, 0.3) is 0 Å². The van der Waals surface area contributed by atoms with Crippen molar-refractivity contribution in [2.24, 2.45) is 0 Å². The first kappa shape index (κ1) is 23.0. The van der Waals surface area contributed by atoms with Gasteiger partial charge in [0, 0.05) is 36.8 Å². The van der Waals surface area contributed by atoms with E-state index in [9.17, 15) is 22.4 Å². The Bertz CT molecular complexity index is 1610. The zero-order valence-corrected chi connectivity index (χ0v) is 18.5. The van der Waals surface area contributed by atoms with Crippen molar-refractivity contribution < 1.29 is 22.3 Å². The molecule has 0 bridgehead atoms. The largest absolute Gasteiger partial charge is 0.573 e. The molecule has 0 atom stereocenters. The minimum Gasteiger partial charge on any atom is -0.406 e. The van der Waals surface area contributed by atoms with Crippen LogP contribution in [0.25, 0.3) is 28.5 Å². The van der Waals surface area contributed by atoms with Gasteiger partial charge in [0.15, 0.2) is 11.5 Å². The normalized spacial score (nSPS) is 11.6. The molecule has 3 heterocycles. The van der Waals surface area contributed by atoms with Crippen LogP contribution < -0.4 is 10.2 Å². The summed E-state index contributed by atoms with van der Waals surface area (Å²) in [5.74, 6) is -1.05. The maximum absolute atomic E-state index is 15.0. The molecule has 0 radical (unpaired) electrons. The number of benzene rings is 2. The molecule has 36 heavy (non-hydrogen) atoms. The van der Waals surface area contributed by atoms with E-state index in [2.05, 4.69) is 20.0 Å². The predicted octanol–water partition coefficient (Wildman–Crippen LogP) is 4.62. The van der Waals surface area contributed by atoms with Crippen LogP contribution >= 0.6 is 0 Å². The summed E-state index contributed by atoms with van der Waals surface area (Å²) in [6, 6.07) is 14.1. The number of nitrogens with zero attached hydrogens (tertiary/aromatic N) is 6. The lowest BCUT2D eigenvalue weighted by molar-refractivity contribution is -0.274. The Hall–Kier alpha value is -4.74. The molecule has 5 aromatic rings. The van der Waals surface area contributed by atoms with Crippen LogP contribution in [-0.2, 0) is 0 Å². The third kappa shape index (κ3) is 4.60. The number of hydrogen-bond donors (Lipinski definition) is 0. The van der Waals surface area contributed by atoms with Crippen LogP contribution in [0, 0.1) is 12.7 Å². The molecule has 0 N–H and O–H groups in total. The molecule has 0 saturated carbocycles. The molecule has 0 aliphatic rings. The summed E-state index contributed by atoms with van der Waals surface area (Å²) in [4.78, 5) is 12.7. The highest BCUT2D eigenvalue weighted by Gasteiger charge is 2.31. The lowest BCUT2D eigenvalue weighted by Gasteiger charge is -2.12. The molecule has 0 aliphatic carbocycles. The van der Waals surface area contributed by atoms with Gasteiger partial charge in [-0.25, -0.2) is 18.4 Å². The molecule has 0 unspecified atom stereocenters. The summed E-state index contributed by atoms with van der Waals surface area (Å²) in [7, 11) is 0. The number of hydrogen-bond acceptors (Lipinski definition) is 5. The van der Waals surface area contributed by atoms with E-state index in [0.29, 0.717) is 11.4 Å². The highest BCUT2D eigenvalue weighted by molar-refractivity contribution is 5.59. The van der Waals surface area contributed by atoms with Crippen molar-refractivity contribution >= 4 is 0 Å². The van der Waals surface area contributed by atoms with Crippen molar-refractivity contribution in [3.8, 4) is 34.2 Å². The third-order valence-electron chi connectivity index (χ3n) is 5.13. The van der Waals surface area contributed by atoms with Crippen molar-refractivity contribution in [2.75, 3.05) is 0 Å². The molecule has 182 valence electrons. The van der Waals surface area contributed by atoms with Crippen molar-refractivity contribution in [1.29, 1.82) is 0 Å². The molecule has 0 aliphatic heterocycles. The van der Waals surface area contributed by atoms with Crippen molar-refractivity contribution in [3.05, 3.63) is 101 Å². The second-order valence-corrected chi connectivity index (χ2v) is 7.69. The second kappa shape index (κ2) is 8.80. The SMILES string of the molecule is Cc1cc(-c2nn(-c3ccc(-n4cccn4)cc3F)ccc2=O)n(-c2cccc(OC(F)(F)F)c2)n1. The predicted molar refractivity (Wildman–Crippen MR) is 121 cm³/mol. The van der Waals surface area contributed by atoms with Crippen molar-refractivity contribution in [2.45, 2.75) is 13.3 Å². The van der Waals surface area contributed by atoms with Crippen molar-refractivity contribution in [3.63, 3.8) is 0 Å². The lowest BCUT2D eigenvalue weighted by atomic mass is 10.2. The molecule has 0 saturated heterocycles. The number of ether oxygens (including phenoxy) is 1. The van der Waals surface area contributed by atoms with Crippen LogP contribution in [0.15, 0.2) is 84.0 Å². The van der Waals surface area contributed by atoms with E-state index in [1.807, 2.05) is 0 Å². The number of halogens is 4. The van der Waals surface area contributed by atoms with Gasteiger partial charge in [-0.1, -0.05) is 6.07 Å². The minimum absolute atomic E-state index is 0.0733. The standard InChI is InChI=1S/C24H16F4N6O2/c1-15-12-21(34(30-15)17-4-2-5-18(13-17)36-24(26,27)28)23-22(35)8-11-33(31-23)20-7-6-16(14-19(20)25)32-10-3-9-29-32/h2-14H,1H3. The molecule has 0 amide bonds. The van der Waals surface area contributed by atoms with E-state index in [0.717, 1.165) is 12.1 Å². The van der Waals surface area contributed by atoms with Crippen LogP contribution in [0.1, 0.15) is 5.69 Å². The average molecular weight is 496 g/mol. The Morgan fingerprint density at radius 2 is 1.72 bits per heavy atom. The van der Waals surface area contributed by atoms with Crippen LogP contribution in [-0.4, -0.2) is 35.7 Å². The van der Waals surface area contributed by atoms with Gasteiger partial charge >= 0.3 is 6.36 Å². The third-order valence-corrected chi connectivity index (χ3v) is 5.13. The van der Waals surface area contributed by atoms with E-state index in [-0.39, 0.29) is 22.8 Å². The highest BCUT2D eigenvalue weighted by Crippen LogP contribution is 2.27. The van der Waals surface area contributed by atoms with E-state index in [4.69, 9.17) is 0 Å². The zero-order valence-electron chi connectivity index (χ0n) is 18.5. The molecule has 12 heteroatoms. The van der Waals surface area contributed by atoms with Gasteiger partial charge in [-0.2, -0.15) is 15.3 Å². The summed E-state index contributed by atoms with van der Waals surface area (Å²) in [6.07, 6.45) is -0.309. The second-order valence-electron chi connectivity index (χ2n) is 7.69. The quantitative estimate of drug-likeness (QED) is 0.332. The molecule has 0 fully saturated rings. The molecule has 8 nitrogen and oxygen atoms in total. The van der Waals surface area contributed by atoms with E-state index in [1.54, 1.807) is 37.5 Å². The maximum atomic E-state index is 15.0. The topological polar surface area (TPSA) is 79.8 Å². The first-order valence-electron chi connectivity index (χ1n) is 10.5. The smallest absolute Gasteiger partial charge is 0.406 e. The monoisotopic (exact) mass is 496 g/mol. The molecular weight excluding hydrogens is 480 g/mol. The number of alkyl halides is 3. The Morgan fingerprint density at radius 3 is 2.44 bits per heavy atom. The highest BCUT2D eigenvalue weighted by atomic mass is 19.4. The summed E-state index contributed by atoms with van der Waals surface area (Å²) < 4.78 is 61.0. The zero-order chi connectivity index (χ0) is 25.4. The van der Waals surface area contributed by atoms with Gasteiger partial charge in [0.05, 0.1) is 22.8 Å². The Balaban J connectivity index is 1.57. The first-order chi connectivity index (χ1) is 17.2. The molecule has 5 rings (SSSR count). The first-order valence-corrected chi connectivity index (χ1v) is 10.5. The minimum atomic E-state index is -4.87. The van der Waals surface area contributed by atoms with Crippen LogP contribution in [0.5, 0.6) is 5.75 Å². The number of rotatable bonds is 5. The molecule has 0 spiro atoms. The Morgan fingerprint density at radius 1 is 0.889 bits per heavy atom. The number of aryl methyl sites for hydroxylation is 1. The number of aromatic nitrogens is 6. The molecule has 3 aromatic heterocycles. The van der Waals surface area contributed by atoms with Gasteiger partial charge in [0.1, 0.15) is 11.4 Å². The average Bonchev–Trinajstić information content (AvgIpc) is 3.49. The summed E-state index contributed by atoms with van der Waals surface area (Å²) in [5, 5.41) is 12.7. The summed E-state index contributed by atoms with van der Waals surface area (Å²) in [5.41, 5.74) is 0.932. The van der Waals surface area contributed by atoms with E-state index in [1.165, 1.54) is 50.6 Å². The van der Waals surface area contributed by atoms with Crippen LogP contribution in [0.4, 0.5) is 17.6 Å². The van der Waals surface area contributed by atoms with Gasteiger partial charge in [0.2, 0.25) is 5.43 Å². The summed E-state index contributed by atoms with van der Waals surface area (Å²) >= 11 is 0. The molecule has 2 aromatic carbocycles. The molecular formula is C24H16F4N6O2. The fourth-order valence-corrected chi connectivity index (χ4v) is 3.64. The summed E-state index contributed by atoms with van der Waals surface area (Å²) in [6.45, 7) is 1.66. The van der Waals surface area contributed by atoms with Gasteiger partial charge in [-0.15, -0.1) is 13.2 Å². The van der Waals surface area contributed by atoms with Crippen molar-refractivity contribution in [1.82, 2.24) is 29.3 Å². The lowest BCUT2D eigenvalue weighted by Crippen LogP contribution is -2.17. The van der Waals surface area contributed by atoms with E-state index < -0.39 is 23.4 Å². The fraction of sp³-hybridized carbons (Fsp3) is 0.0833.